The minimum Gasteiger partial charge on any atom is -0.333 e. The third-order valence-corrected chi connectivity index (χ3v) is 6.08. The number of rotatable bonds is 3. The molecule has 4 aliphatic carbocycles. The third-order valence-electron chi connectivity index (χ3n) is 6.08. The summed E-state index contributed by atoms with van der Waals surface area (Å²) < 4.78 is 1.83. The van der Waals surface area contributed by atoms with Gasteiger partial charge in [-0.1, -0.05) is 0 Å². The Balaban J connectivity index is 1.42. The molecular formula is C17H26N4O. The first kappa shape index (κ1) is 14.1. The predicted molar refractivity (Wildman–Crippen MR) is 84.1 cm³/mol. The third kappa shape index (κ3) is 2.40. The van der Waals surface area contributed by atoms with E-state index >= 15 is 0 Å². The summed E-state index contributed by atoms with van der Waals surface area (Å²) >= 11 is 0. The fourth-order valence-corrected chi connectivity index (χ4v) is 5.46. The second kappa shape index (κ2) is 5.00. The predicted octanol–water partition coefficient (Wildman–Crippen LogP) is 2.53. The molecule has 0 radical (unpaired) electrons. The van der Waals surface area contributed by atoms with Crippen LogP contribution in [0.4, 0.5) is 4.79 Å². The van der Waals surface area contributed by atoms with Gasteiger partial charge in [-0.2, -0.15) is 5.10 Å². The van der Waals surface area contributed by atoms with Gasteiger partial charge < -0.3 is 10.2 Å². The quantitative estimate of drug-likeness (QED) is 0.933. The van der Waals surface area contributed by atoms with Crippen LogP contribution in [0.5, 0.6) is 0 Å². The maximum atomic E-state index is 12.7. The van der Waals surface area contributed by atoms with E-state index in [1.165, 1.54) is 38.5 Å². The number of nitrogens with zero attached hydrogens (tertiary/aromatic N) is 3. The van der Waals surface area contributed by atoms with Crippen molar-refractivity contribution in [2.45, 2.75) is 50.6 Å². The van der Waals surface area contributed by atoms with Gasteiger partial charge in [-0.05, 0) is 62.3 Å². The zero-order chi connectivity index (χ0) is 15.3. The van der Waals surface area contributed by atoms with Crippen molar-refractivity contribution in [3.05, 3.63) is 18.0 Å². The summed E-state index contributed by atoms with van der Waals surface area (Å²) in [4.78, 5) is 14.4. The second-order valence-corrected chi connectivity index (χ2v) is 7.93. The molecule has 1 aromatic heterocycles. The first-order valence-electron chi connectivity index (χ1n) is 8.53. The summed E-state index contributed by atoms with van der Waals surface area (Å²) in [6.45, 7) is 0.606. The van der Waals surface area contributed by atoms with Crippen LogP contribution < -0.4 is 5.32 Å². The summed E-state index contributed by atoms with van der Waals surface area (Å²) in [7, 11) is 3.79. The number of hydrogen-bond acceptors (Lipinski definition) is 2. The molecule has 4 saturated carbocycles. The lowest BCUT2D eigenvalue weighted by Gasteiger charge is -2.57. The molecule has 1 heterocycles. The summed E-state index contributed by atoms with van der Waals surface area (Å²) in [5.74, 6) is 2.57. The second-order valence-electron chi connectivity index (χ2n) is 7.93. The molecule has 0 atom stereocenters. The SMILES string of the molecule is CN(Cc1ccnn1C)C(=O)NC12CC3CC(CC(C3)C1)C2. The monoisotopic (exact) mass is 302 g/mol. The summed E-state index contributed by atoms with van der Waals surface area (Å²) in [5.41, 5.74) is 1.15. The maximum Gasteiger partial charge on any atom is 0.317 e. The van der Waals surface area contributed by atoms with E-state index in [9.17, 15) is 4.79 Å². The minimum atomic E-state index is 0.0724. The molecule has 0 unspecified atom stereocenters. The zero-order valence-electron chi connectivity index (χ0n) is 13.6. The molecule has 120 valence electrons. The highest BCUT2D eigenvalue weighted by atomic mass is 16.2. The van der Waals surface area contributed by atoms with Crippen molar-refractivity contribution >= 4 is 6.03 Å². The van der Waals surface area contributed by atoms with Gasteiger partial charge >= 0.3 is 6.03 Å². The number of aromatic nitrogens is 2. The van der Waals surface area contributed by atoms with Crippen LogP contribution in [0.1, 0.15) is 44.2 Å². The number of amides is 2. The fraction of sp³-hybridized carbons (Fsp3) is 0.765. The molecule has 5 nitrogen and oxygen atoms in total. The molecule has 0 saturated heterocycles. The molecule has 0 aliphatic heterocycles. The minimum absolute atomic E-state index is 0.0724. The van der Waals surface area contributed by atoms with Gasteiger partial charge in [-0.15, -0.1) is 0 Å². The van der Waals surface area contributed by atoms with E-state index in [0.717, 1.165) is 23.4 Å². The van der Waals surface area contributed by atoms with E-state index in [2.05, 4.69) is 10.4 Å². The van der Waals surface area contributed by atoms with E-state index in [0.29, 0.717) is 6.54 Å². The smallest absolute Gasteiger partial charge is 0.317 e. The molecule has 0 spiro atoms. The molecule has 1 aromatic rings. The Hall–Kier alpha value is -1.52. The lowest BCUT2D eigenvalue weighted by atomic mass is 9.53. The Morgan fingerprint density at radius 3 is 2.41 bits per heavy atom. The van der Waals surface area contributed by atoms with Crippen LogP contribution in [0.15, 0.2) is 12.3 Å². The molecule has 4 aliphatic rings. The van der Waals surface area contributed by atoms with Crippen LogP contribution in [0.3, 0.4) is 0 Å². The highest BCUT2D eigenvalue weighted by molar-refractivity contribution is 5.74. The van der Waals surface area contributed by atoms with E-state index < -0.39 is 0 Å². The summed E-state index contributed by atoms with van der Waals surface area (Å²) in [6.07, 6.45) is 9.58. The van der Waals surface area contributed by atoms with Crippen molar-refractivity contribution in [2.75, 3.05) is 7.05 Å². The molecule has 22 heavy (non-hydrogen) atoms. The van der Waals surface area contributed by atoms with Crippen molar-refractivity contribution in [3.63, 3.8) is 0 Å². The van der Waals surface area contributed by atoms with Crippen molar-refractivity contribution in [1.82, 2.24) is 20.0 Å². The van der Waals surface area contributed by atoms with Gasteiger partial charge in [0.2, 0.25) is 0 Å². The normalized spacial score (nSPS) is 35.6. The Kier molecular flexibility index (Phi) is 3.20. The van der Waals surface area contributed by atoms with Crippen LogP contribution >= 0.6 is 0 Å². The average molecular weight is 302 g/mol. The molecule has 1 N–H and O–H groups in total. The van der Waals surface area contributed by atoms with Crippen LogP contribution in [0.25, 0.3) is 0 Å². The molecule has 0 aromatic carbocycles. The first-order valence-corrected chi connectivity index (χ1v) is 8.53. The van der Waals surface area contributed by atoms with E-state index in [1.54, 1.807) is 11.1 Å². The number of nitrogens with one attached hydrogen (secondary N) is 1. The first-order chi connectivity index (χ1) is 10.5. The molecule has 2 amide bonds. The van der Waals surface area contributed by atoms with Gasteiger partial charge in [-0.3, -0.25) is 4.68 Å². The maximum absolute atomic E-state index is 12.7. The lowest BCUT2D eigenvalue weighted by Crippen LogP contribution is -2.61. The van der Waals surface area contributed by atoms with Crippen molar-refractivity contribution < 1.29 is 4.79 Å². The van der Waals surface area contributed by atoms with Crippen molar-refractivity contribution in [2.24, 2.45) is 24.8 Å². The molecule has 4 fully saturated rings. The Morgan fingerprint density at radius 2 is 1.91 bits per heavy atom. The topological polar surface area (TPSA) is 50.2 Å². The largest absolute Gasteiger partial charge is 0.333 e. The van der Waals surface area contributed by atoms with Gasteiger partial charge in [0.25, 0.3) is 0 Å². The number of urea groups is 1. The van der Waals surface area contributed by atoms with Crippen LogP contribution in [-0.2, 0) is 13.6 Å². The zero-order valence-corrected chi connectivity index (χ0v) is 13.6. The Morgan fingerprint density at radius 1 is 1.32 bits per heavy atom. The van der Waals surface area contributed by atoms with Crippen LogP contribution in [-0.4, -0.2) is 33.3 Å². The molecule has 5 rings (SSSR count). The van der Waals surface area contributed by atoms with Gasteiger partial charge in [-0.25, -0.2) is 4.79 Å². The van der Waals surface area contributed by atoms with Crippen LogP contribution in [0, 0.1) is 17.8 Å². The number of carbonyl (C=O) groups excluding carboxylic acids is 1. The number of carbonyl (C=O) groups is 1. The lowest BCUT2D eigenvalue weighted by molar-refractivity contribution is -0.0154. The van der Waals surface area contributed by atoms with Gasteiger partial charge in [0.05, 0.1) is 12.2 Å². The van der Waals surface area contributed by atoms with Crippen molar-refractivity contribution in [1.29, 1.82) is 0 Å². The van der Waals surface area contributed by atoms with Gasteiger partial charge in [0.1, 0.15) is 0 Å². The standard InChI is InChI=1S/C17H26N4O/c1-20(11-15-3-4-18-21(15)2)16(22)19-17-8-12-5-13(9-17)7-14(6-12)10-17/h3-4,12-14H,5-11H2,1-2H3,(H,19,22). The van der Waals surface area contributed by atoms with Crippen molar-refractivity contribution in [3.8, 4) is 0 Å². The number of hydrogen-bond donors (Lipinski definition) is 1. The Labute approximate surface area is 132 Å². The molecule has 5 heteroatoms. The Bertz CT molecular complexity index is 544. The summed E-state index contributed by atoms with van der Waals surface area (Å²) in [5, 5.41) is 7.58. The van der Waals surface area contributed by atoms with E-state index in [-0.39, 0.29) is 11.6 Å². The highest BCUT2D eigenvalue weighted by Gasteiger charge is 2.51. The molecular weight excluding hydrogens is 276 g/mol. The van der Waals surface area contributed by atoms with Crippen LogP contribution in [0.2, 0.25) is 0 Å². The molecule has 4 bridgehead atoms. The highest BCUT2D eigenvalue weighted by Crippen LogP contribution is 2.55. The summed E-state index contributed by atoms with van der Waals surface area (Å²) in [6, 6.07) is 2.04. The average Bonchev–Trinajstić information content (AvgIpc) is 2.82. The fourth-order valence-electron chi connectivity index (χ4n) is 5.46. The van der Waals surface area contributed by atoms with E-state index in [1.807, 2.05) is 24.8 Å². The van der Waals surface area contributed by atoms with Gasteiger partial charge in [0, 0.05) is 25.8 Å². The van der Waals surface area contributed by atoms with E-state index in [4.69, 9.17) is 0 Å². The van der Waals surface area contributed by atoms with Gasteiger partial charge in [0.15, 0.2) is 0 Å². The number of aryl methyl sites for hydroxylation is 1.